The van der Waals surface area contributed by atoms with Gasteiger partial charge in [0.2, 0.25) is 0 Å². The van der Waals surface area contributed by atoms with Gasteiger partial charge in [0.05, 0.1) is 16.6 Å². The maximum atomic E-state index is 7.00. The molecule has 0 atom stereocenters. The van der Waals surface area contributed by atoms with Crippen LogP contribution in [0.3, 0.4) is 0 Å². The quantitative estimate of drug-likeness (QED) is 0.176. The minimum Gasteiger partial charge on any atom is -0.455 e. The first-order chi connectivity index (χ1) is 28.3. The molecule has 0 N–H and O–H groups in total. The van der Waals surface area contributed by atoms with Gasteiger partial charge in [0, 0.05) is 64.1 Å². The molecular weight excluding hydrogens is 717 g/mol. The summed E-state index contributed by atoms with van der Waals surface area (Å²) < 4.78 is 11.8. The van der Waals surface area contributed by atoms with Crippen LogP contribution >= 0.6 is 11.3 Å². The van der Waals surface area contributed by atoms with Crippen molar-refractivity contribution in [1.29, 1.82) is 0 Å². The Morgan fingerprint density at radius 2 is 0.965 bits per heavy atom. The lowest BCUT2D eigenvalue weighted by Gasteiger charge is -2.10. The van der Waals surface area contributed by atoms with Crippen LogP contribution in [0.15, 0.2) is 186 Å². The third-order valence-electron chi connectivity index (χ3n) is 11.1. The van der Waals surface area contributed by atoms with Crippen molar-refractivity contribution in [1.82, 2.24) is 19.5 Å². The smallest absolute Gasteiger partial charge is 0.167 e. The van der Waals surface area contributed by atoms with Gasteiger partial charge in [0.15, 0.2) is 17.5 Å². The standard InChI is InChI=1S/C51H30N4OS/c1-3-14-31(15-4-1)49-52-50(39-23-13-27-45-46(39)38-19-8-10-26-44(38)57-45)54-51(53-49)40-24-12-22-37-36-21-11-20-34(47(36)56-48(37)40)32-28-29-43-41(30-32)35-18-7-9-25-42(35)55(43)33-16-5-2-6-17-33/h1-30H. The number of hydrogen-bond acceptors (Lipinski definition) is 5. The largest absolute Gasteiger partial charge is 0.455 e. The highest BCUT2D eigenvalue weighted by molar-refractivity contribution is 7.25. The zero-order valence-electron chi connectivity index (χ0n) is 30.4. The van der Waals surface area contributed by atoms with E-state index in [0.717, 1.165) is 66.3 Å². The summed E-state index contributed by atoms with van der Waals surface area (Å²) in [5.41, 5.74) is 9.91. The second kappa shape index (κ2) is 12.6. The number of fused-ring (bicyclic) bond motifs is 9. The highest BCUT2D eigenvalue weighted by Gasteiger charge is 2.21. The fourth-order valence-corrected chi connectivity index (χ4v) is 9.65. The molecule has 57 heavy (non-hydrogen) atoms. The van der Waals surface area contributed by atoms with Gasteiger partial charge in [0.1, 0.15) is 11.2 Å². The second-order valence-corrected chi connectivity index (χ2v) is 15.4. The monoisotopic (exact) mass is 746 g/mol. The predicted molar refractivity (Wildman–Crippen MR) is 236 cm³/mol. The summed E-state index contributed by atoms with van der Waals surface area (Å²) in [6, 6.07) is 63.7. The molecular formula is C51H30N4OS. The Kier molecular flexibility index (Phi) is 7.03. The molecule has 4 aromatic heterocycles. The third kappa shape index (κ3) is 4.98. The van der Waals surface area contributed by atoms with Crippen molar-refractivity contribution >= 4 is 75.3 Å². The first-order valence-corrected chi connectivity index (χ1v) is 19.8. The van der Waals surface area contributed by atoms with Gasteiger partial charge in [-0.1, -0.05) is 133 Å². The van der Waals surface area contributed by atoms with E-state index < -0.39 is 0 Å². The Morgan fingerprint density at radius 1 is 0.386 bits per heavy atom. The van der Waals surface area contributed by atoms with Crippen LogP contribution in [0.25, 0.3) is 115 Å². The Labute approximate surface area is 330 Å². The van der Waals surface area contributed by atoms with Gasteiger partial charge in [-0.3, -0.25) is 0 Å². The van der Waals surface area contributed by atoms with Crippen LogP contribution in [0.4, 0.5) is 0 Å². The van der Waals surface area contributed by atoms with E-state index in [4.69, 9.17) is 19.4 Å². The lowest BCUT2D eigenvalue weighted by Crippen LogP contribution is -2.00. The van der Waals surface area contributed by atoms with E-state index >= 15 is 0 Å². The molecule has 0 aliphatic heterocycles. The first kappa shape index (κ1) is 31.9. The average Bonchev–Trinajstić information content (AvgIpc) is 3.96. The second-order valence-electron chi connectivity index (χ2n) is 14.3. The van der Waals surface area contributed by atoms with Crippen molar-refractivity contribution in [2.24, 2.45) is 0 Å². The molecule has 0 bridgehead atoms. The molecule has 12 aromatic rings. The highest BCUT2D eigenvalue weighted by Crippen LogP contribution is 2.43. The van der Waals surface area contributed by atoms with E-state index in [-0.39, 0.29) is 0 Å². The number of aromatic nitrogens is 4. The zero-order chi connectivity index (χ0) is 37.5. The Hall–Kier alpha value is -7.41. The summed E-state index contributed by atoms with van der Waals surface area (Å²) >= 11 is 1.79. The fourth-order valence-electron chi connectivity index (χ4n) is 8.51. The SMILES string of the molecule is c1ccc(-c2nc(-c3cccc4c3oc3c(-c5ccc6c(c5)c5ccccc5n6-c5ccccc5)cccc34)nc(-c3cccc4sc5ccccc5c34)n2)cc1. The van der Waals surface area contributed by atoms with Crippen molar-refractivity contribution in [3.05, 3.63) is 182 Å². The van der Waals surface area contributed by atoms with Gasteiger partial charge >= 0.3 is 0 Å². The van der Waals surface area contributed by atoms with E-state index in [9.17, 15) is 0 Å². The Bertz CT molecular complexity index is 3530. The fraction of sp³-hybridized carbons (Fsp3) is 0. The van der Waals surface area contributed by atoms with Crippen molar-refractivity contribution in [2.45, 2.75) is 0 Å². The van der Waals surface area contributed by atoms with Gasteiger partial charge in [-0.05, 0) is 54.1 Å². The third-order valence-corrected chi connectivity index (χ3v) is 12.2. The number of rotatable bonds is 5. The maximum absolute atomic E-state index is 7.00. The highest BCUT2D eigenvalue weighted by atomic mass is 32.1. The Balaban J connectivity index is 1.06. The van der Waals surface area contributed by atoms with Gasteiger partial charge in [-0.25, -0.2) is 15.0 Å². The van der Waals surface area contributed by atoms with Gasteiger partial charge < -0.3 is 8.98 Å². The summed E-state index contributed by atoms with van der Waals surface area (Å²) in [6.45, 7) is 0. The van der Waals surface area contributed by atoms with Crippen LogP contribution in [0, 0.1) is 0 Å². The molecule has 0 aliphatic rings. The van der Waals surface area contributed by atoms with E-state index in [1.807, 2.05) is 30.3 Å². The molecule has 4 heterocycles. The van der Waals surface area contributed by atoms with E-state index in [1.54, 1.807) is 11.3 Å². The van der Waals surface area contributed by atoms with Gasteiger partial charge in [-0.15, -0.1) is 11.3 Å². The van der Waals surface area contributed by atoms with Crippen LogP contribution in [-0.2, 0) is 0 Å². The molecule has 12 rings (SSSR count). The van der Waals surface area contributed by atoms with Crippen molar-refractivity contribution in [3.8, 4) is 51.0 Å². The summed E-state index contributed by atoms with van der Waals surface area (Å²) in [6.07, 6.45) is 0. The molecule has 266 valence electrons. The number of furan rings is 1. The molecule has 0 spiro atoms. The number of nitrogens with zero attached hydrogens (tertiary/aromatic N) is 4. The predicted octanol–water partition coefficient (Wildman–Crippen LogP) is 13.9. The number of thiophene rings is 1. The summed E-state index contributed by atoms with van der Waals surface area (Å²) in [5, 5.41) is 6.82. The number of hydrogen-bond donors (Lipinski definition) is 0. The van der Waals surface area contributed by atoms with Gasteiger partial charge in [0.25, 0.3) is 0 Å². The molecule has 0 saturated heterocycles. The summed E-state index contributed by atoms with van der Waals surface area (Å²) in [4.78, 5) is 15.5. The lowest BCUT2D eigenvalue weighted by molar-refractivity contribution is 0.670. The van der Waals surface area contributed by atoms with Crippen LogP contribution < -0.4 is 0 Å². The van der Waals surface area contributed by atoms with Crippen molar-refractivity contribution in [3.63, 3.8) is 0 Å². The first-order valence-electron chi connectivity index (χ1n) is 19.0. The van der Waals surface area contributed by atoms with Gasteiger partial charge in [-0.2, -0.15) is 0 Å². The van der Waals surface area contributed by atoms with Crippen LogP contribution in [0.1, 0.15) is 0 Å². The van der Waals surface area contributed by atoms with E-state index in [0.29, 0.717) is 17.5 Å². The molecule has 0 unspecified atom stereocenters. The molecule has 0 fully saturated rings. The number of para-hydroxylation sites is 4. The van der Waals surface area contributed by atoms with Crippen LogP contribution in [0.2, 0.25) is 0 Å². The molecule has 6 heteroatoms. The van der Waals surface area contributed by atoms with Crippen molar-refractivity contribution in [2.75, 3.05) is 0 Å². The van der Waals surface area contributed by atoms with Crippen LogP contribution in [-0.4, -0.2) is 19.5 Å². The molecule has 0 saturated carbocycles. The molecule has 0 radical (unpaired) electrons. The maximum Gasteiger partial charge on any atom is 0.167 e. The summed E-state index contributed by atoms with van der Waals surface area (Å²) in [5.74, 6) is 1.81. The number of benzene rings is 8. The zero-order valence-corrected chi connectivity index (χ0v) is 31.2. The molecule has 8 aromatic carbocycles. The average molecular weight is 747 g/mol. The summed E-state index contributed by atoms with van der Waals surface area (Å²) in [7, 11) is 0. The minimum atomic E-state index is 0.566. The van der Waals surface area contributed by atoms with Crippen LogP contribution in [0.5, 0.6) is 0 Å². The Morgan fingerprint density at radius 3 is 1.79 bits per heavy atom. The minimum absolute atomic E-state index is 0.566. The lowest BCUT2D eigenvalue weighted by atomic mass is 10.00. The molecule has 5 nitrogen and oxygen atoms in total. The normalized spacial score (nSPS) is 11.9. The van der Waals surface area contributed by atoms with E-state index in [1.165, 1.54) is 31.1 Å². The topological polar surface area (TPSA) is 56.7 Å². The molecule has 0 aliphatic carbocycles. The van der Waals surface area contributed by atoms with E-state index in [2.05, 4.69) is 156 Å². The van der Waals surface area contributed by atoms with Crippen molar-refractivity contribution < 1.29 is 4.42 Å². The molecule has 0 amide bonds.